The van der Waals surface area contributed by atoms with Gasteiger partial charge in [0.1, 0.15) is 0 Å². The molecule has 2 heterocycles. The lowest BCUT2D eigenvalue weighted by molar-refractivity contribution is 1.25. The first-order valence-corrected chi connectivity index (χ1v) is 7.89. The summed E-state index contributed by atoms with van der Waals surface area (Å²) in [4.78, 5) is 12.0. The molecule has 0 unspecified atom stereocenters. The van der Waals surface area contributed by atoms with Gasteiger partial charge in [0.2, 0.25) is 0 Å². The van der Waals surface area contributed by atoms with E-state index in [4.69, 9.17) is 4.99 Å². The van der Waals surface area contributed by atoms with Gasteiger partial charge in [0.25, 0.3) is 0 Å². The molecular formula is C18H18N2S. The van der Waals surface area contributed by atoms with Gasteiger partial charge in [-0.1, -0.05) is 41.6 Å². The average Bonchev–Trinajstić information content (AvgIpc) is 2.75. The Labute approximate surface area is 130 Å². The van der Waals surface area contributed by atoms with E-state index in [9.17, 15) is 0 Å². The first-order valence-electron chi connectivity index (χ1n) is 7.08. The molecule has 0 radical (unpaired) electrons. The molecule has 1 aromatic rings. The highest BCUT2D eigenvalue weighted by atomic mass is 32.2. The Bertz CT molecular complexity index is 733. The Morgan fingerprint density at radius 2 is 1.90 bits per heavy atom. The average molecular weight is 294 g/mol. The number of hydrogen-bond donors (Lipinski definition) is 0. The second-order valence-corrected chi connectivity index (χ2v) is 6.56. The molecule has 3 rings (SSSR count). The van der Waals surface area contributed by atoms with Crippen molar-refractivity contribution in [2.24, 2.45) is 9.98 Å². The van der Waals surface area contributed by atoms with Crippen LogP contribution in [0.5, 0.6) is 0 Å². The summed E-state index contributed by atoms with van der Waals surface area (Å²) in [6, 6.07) is 8.45. The summed E-state index contributed by atoms with van der Waals surface area (Å²) in [5.41, 5.74) is 5.61. The standard InChI is InChI=1S/C18H18N2S/c1-12-7-6-10-19-16(11-12)18-15-8-4-5-9-17(15)21-14(3)13(2)20-18/h4-10H,11H2,1-3H3. The zero-order valence-corrected chi connectivity index (χ0v) is 13.4. The van der Waals surface area contributed by atoms with Crippen LogP contribution in [0.3, 0.4) is 0 Å². The van der Waals surface area contributed by atoms with Crippen molar-refractivity contribution in [3.8, 4) is 0 Å². The topological polar surface area (TPSA) is 24.7 Å². The molecule has 0 fully saturated rings. The van der Waals surface area contributed by atoms with Crippen LogP contribution in [0, 0.1) is 0 Å². The van der Waals surface area contributed by atoms with Crippen LogP contribution in [0.2, 0.25) is 0 Å². The van der Waals surface area contributed by atoms with Crippen molar-refractivity contribution in [2.75, 3.05) is 0 Å². The predicted octanol–water partition coefficient (Wildman–Crippen LogP) is 5.14. The van der Waals surface area contributed by atoms with Crippen molar-refractivity contribution < 1.29 is 0 Å². The Morgan fingerprint density at radius 3 is 2.76 bits per heavy atom. The van der Waals surface area contributed by atoms with Crippen molar-refractivity contribution in [1.29, 1.82) is 0 Å². The highest BCUT2D eigenvalue weighted by Crippen LogP contribution is 2.35. The van der Waals surface area contributed by atoms with Gasteiger partial charge in [-0.2, -0.15) is 0 Å². The van der Waals surface area contributed by atoms with E-state index in [2.05, 4.69) is 56.1 Å². The van der Waals surface area contributed by atoms with Gasteiger partial charge in [0.05, 0.1) is 11.4 Å². The fraction of sp³-hybridized carbons (Fsp3) is 0.222. The third-order valence-corrected chi connectivity index (χ3v) is 4.79. The number of nitrogens with zero attached hydrogens (tertiary/aromatic N) is 2. The minimum Gasteiger partial charge on any atom is -0.259 e. The van der Waals surface area contributed by atoms with Crippen LogP contribution in [0.4, 0.5) is 0 Å². The molecule has 0 spiro atoms. The maximum atomic E-state index is 4.88. The SMILES string of the molecule is CC1=CC=CN=C(C2=NC(C)=C(C)Sc3ccccc32)C1. The fourth-order valence-corrected chi connectivity index (χ4v) is 3.32. The van der Waals surface area contributed by atoms with E-state index in [-0.39, 0.29) is 0 Å². The largest absolute Gasteiger partial charge is 0.259 e. The van der Waals surface area contributed by atoms with E-state index in [0.29, 0.717) is 0 Å². The molecule has 2 aliphatic heterocycles. The Hall–Kier alpha value is -1.87. The molecule has 0 aromatic heterocycles. The van der Waals surface area contributed by atoms with Gasteiger partial charge in [-0.15, -0.1) is 0 Å². The summed E-state index contributed by atoms with van der Waals surface area (Å²) in [7, 11) is 0. The molecular weight excluding hydrogens is 276 g/mol. The lowest BCUT2D eigenvalue weighted by Gasteiger charge is -2.11. The second kappa shape index (κ2) is 5.86. The number of rotatable bonds is 1. The number of fused-ring (bicyclic) bond motifs is 1. The van der Waals surface area contributed by atoms with Crippen LogP contribution in [0.25, 0.3) is 0 Å². The maximum Gasteiger partial charge on any atom is 0.0934 e. The summed E-state index contributed by atoms with van der Waals surface area (Å²) in [6.45, 7) is 6.34. The first-order chi connectivity index (χ1) is 10.1. The highest BCUT2D eigenvalue weighted by molar-refractivity contribution is 8.03. The van der Waals surface area contributed by atoms with E-state index in [1.807, 2.05) is 12.3 Å². The van der Waals surface area contributed by atoms with Crippen molar-refractivity contribution in [3.63, 3.8) is 0 Å². The zero-order valence-electron chi connectivity index (χ0n) is 12.6. The minimum absolute atomic E-state index is 0.844. The summed E-state index contributed by atoms with van der Waals surface area (Å²) in [5, 5.41) is 0. The third kappa shape index (κ3) is 2.93. The Morgan fingerprint density at radius 1 is 1.10 bits per heavy atom. The maximum absolute atomic E-state index is 4.88. The van der Waals surface area contributed by atoms with Crippen molar-refractivity contribution in [3.05, 3.63) is 64.4 Å². The molecule has 2 aliphatic rings. The van der Waals surface area contributed by atoms with Gasteiger partial charge in [-0.25, -0.2) is 0 Å². The number of hydrogen-bond acceptors (Lipinski definition) is 3. The fourth-order valence-electron chi connectivity index (χ4n) is 2.37. The Balaban J connectivity index is 2.16. The third-order valence-electron chi connectivity index (χ3n) is 3.61. The van der Waals surface area contributed by atoms with Crippen molar-refractivity contribution in [1.82, 2.24) is 0 Å². The molecule has 1 aromatic carbocycles. The van der Waals surface area contributed by atoms with Gasteiger partial charge in [-0.3, -0.25) is 9.98 Å². The monoisotopic (exact) mass is 294 g/mol. The zero-order chi connectivity index (χ0) is 14.8. The lowest BCUT2D eigenvalue weighted by atomic mass is 10.00. The molecule has 106 valence electrons. The summed E-state index contributed by atoms with van der Waals surface area (Å²) < 4.78 is 0. The number of benzene rings is 1. The summed E-state index contributed by atoms with van der Waals surface area (Å²) in [5.74, 6) is 0. The summed E-state index contributed by atoms with van der Waals surface area (Å²) >= 11 is 1.79. The van der Waals surface area contributed by atoms with Crippen LogP contribution in [0.15, 0.2) is 73.7 Å². The van der Waals surface area contributed by atoms with Gasteiger partial charge in [0, 0.05) is 33.7 Å². The highest BCUT2D eigenvalue weighted by Gasteiger charge is 2.20. The normalized spacial score (nSPS) is 18.3. The molecule has 0 N–H and O–H groups in total. The van der Waals surface area contributed by atoms with Crippen LogP contribution < -0.4 is 0 Å². The van der Waals surface area contributed by atoms with Crippen molar-refractivity contribution in [2.45, 2.75) is 32.1 Å². The summed E-state index contributed by atoms with van der Waals surface area (Å²) in [6.07, 6.45) is 6.81. The van der Waals surface area contributed by atoms with Crippen molar-refractivity contribution >= 4 is 23.2 Å². The van der Waals surface area contributed by atoms with Gasteiger partial charge < -0.3 is 0 Å². The van der Waals surface area contributed by atoms with Gasteiger partial charge >= 0.3 is 0 Å². The van der Waals surface area contributed by atoms with Gasteiger partial charge in [-0.05, 0) is 32.9 Å². The molecule has 0 aliphatic carbocycles. The molecule has 0 amide bonds. The molecule has 0 saturated carbocycles. The number of aliphatic imine (C=N–C) groups is 2. The molecule has 0 bridgehead atoms. The number of allylic oxidation sites excluding steroid dienone is 5. The van der Waals surface area contributed by atoms with E-state index < -0.39 is 0 Å². The van der Waals surface area contributed by atoms with Gasteiger partial charge in [0.15, 0.2) is 0 Å². The van der Waals surface area contributed by atoms with Crippen LogP contribution in [-0.4, -0.2) is 11.4 Å². The lowest BCUT2D eigenvalue weighted by Crippen LogP contribution is -2.16. The number of thioether (sulfide) groups is 1. The molecule has 0 atom stereocenters. The second-order valence-electron chi connectivity index (χ2n) is 5.31. The van der Waals surface area contributed by atoms with Crippen LogP contribution in [0.1, 0.15) is 32.8 Å². The van der Waals surface area contributed by atoms with E-state index in [0.717, 1.165) is 23.5 Å². The molecule has 21 heavy (non-hydrogen) atoms. The van der Waals surface area contributed by atoms with E-state index in [1.165, 1.54) is 20.9 Å². The smallest absolute Gasteiger partial charge is 0.0934 e. The quantitative estimate of drug-likeness (QED) is 0.704. The molecule has 2 nitrogen and oxygen atoms in total. The minimum atomic E-state index is 0.844. The van der Waals surface area contributed by atoms with Crippen LogP contribution >= 0.6 is 11.8 Å². The predicted molar refractivity (Wildman–Crippen MR) is 92.2 cm³/mol. The Kier molecular flexibility index (Phi) is 3.93. The first kappa shape index (κ1) is 14.1. The molecule has 0 saturated heterocycles. The van der Waals surface area contributed by atoms with E-state index in [1.54, 1.807) is 11.8 Å². The molecule has 3 heteroatoms. The van der Waals surface area contributed by atoms with E-state index >= 15 is 0 Å². The van der Waals surface area contributed by atoms with Crippen LogP contribution in [-0.2, 0) is 0 Å².